The molecule has 2 fully saturated rings. The minimum Gasteiger partial charge on any atom is -0.554 e. The van der Waals surface area contributed by atoms with Crippen molar-refractivity contribution >= 4 is 0 Å². The third-order valence-corrected chi connectivity index (χ3v) is 4.41. The molecule has 1 N–H and O–H groups in total. The van der Waals surface area contributed by atoms with E-state index < -0.39 is 35.7 Å². The fourth-order valence-electron chi connectivity index (χ4n) is 3.53. The molecule has 2 atom stereocenters. The molecule has 0 aromatic carbocycles. The molecule has 0 spiro atoms. The van der Waals surface area contributed by atoms with Gasteiger partial charge in [0.05, 0.1) is 0 Å². The first-order chi connectivity index (χ1) is 8.40. The molecule has 2 unspecified atom stereocenters. The van der Waals surface area contributed by atoms with Gasteiger partial charge in [-0.2, -0.15) is 32.4 Å². The van der Waals surface area contributed by atoms with Crippen molar-refractivity contribution in [1.82, 2.24) is 0 Å². The van der Waals surface area contributed by atoms with E-state index >= 15 is 0 Å². The van der Waals surface area contributed by atoms with Gasteiger partial charge in [0.2, 0.25) is 0 Å². The van der Waals surface area contributed by atoms with Crippen LogP contribution in [0.15, 0.2) is 0 Å². The number of fused-ring (bicyclic) bond motifs is 2. The molecule has 0 aliphatic heterocycles. The number of hydrogen-bond donors (Lipinski definition) is 1. The standard InChI is InChI=1S/C12H14F6O.3Rf/c1-9-3-2-7(4-9)10(6-9,12(16,17)18)5-8(19)11(13,14)15;;;/h19H,2-6H2,1H3;;;/q-2;;;. The van der Waals surface area contributed by atoms with Crippen LogP contribution in [-0.4, -0.2) is 17.5 Å². The predicted molar refractivity (Wildman–Crippen MR) is 54.2 cm³/mol. The third kappa shape index (κ3) is 2.55. The van der Waals surface area contributed by atoms with Gasteiger partial charge in [0.1, 0.15) is 0 Å². The molecule has 22 heavy (non-hydrogen) atoms. The van der Waals surface area contributed by atoms with Gasteiger partial charge in [-0.15, -0.1) is 6.10 Å². The van der Waals surface area contributed by atoms with Crippen molar-refractivity contribution in [3.63, 3.8) is 0 Å². The van der Waals surface area contributed by atoms with Crippen molar-refractivity contribution in [3.8, 4) is 0 Å². The molecule has 2 aliphatic rings. The Hall–Kier alpha value is -3.46. The topological polar surface area (TPSA) is 20.2 Å². The fraction of sp³-hybridized carbons (Fsp3) is 0.833. The molecule has 0 radical (unpaired) electrons. The fourth-order valence-corrected chi connectivity index (χ4v) is 3.53. The van der Waals surface area contributed by atoms with Gasteiger partial charge in [0.15, 0.2) is 0 Å². The second kappa shape index (κ2) is 4.82. The van der Waals surface area contributed by atoms with Gasteiger partial charge < -0.3 is 11.0 Å². The van der Waals surface area contributed by atoms with Gasteiger partial charge in [0, 0.05) is 0 Å². The summed E-state index contributed by atoms with van der Waals surface area (Å²) in [5.74, 6) is 0.110. The number of alkyl halides is 6. The van der Waals surface area contributed by atoms with Crippen LogP contribution in [-0.2, 0) is 0 Å². The molecule has 0 heterocycles. The number of aliphatic hydroxyl groups is 1. The first-order valence-corrected chi connectivity index (χ1v) is 5.94. The molecule has 10 heteroatoms. The van der Waals surface area contributed by atoms with Crippen molar-refractivity contribution in [1.29, 1.82) is 0 Å². The number of halogens is 6. The molecule has 0 saturated heterocycles. The van der Waals surface area contributed by atoms with E-state index in [0.29, 0.717) is 6.42 Å². The Labute approximate surface area is 107 Å². The summed E-state index contributed by atoms with van der Waals surface area (Å²) in [6.45, 7) is 1.66. The van der Waals surface area contributed by atoms with Crippen LogP contribution < -0.4 is 0 Å². The largest absolute Gasteiger partial charge is 0.554 e. The summed E-state index contributed by atoms with van der Waals surface area (Å²) in [4.78, 5) is 0. The van der Waals surface area contributed by atoms with Crippen molar-refractivity contribution < 1.29 is 31.4 Å². The van der Waals surface area contributed by atoms with Crippen LogP contribution in [0.3, 0.4) is 0 Å². The van der Waals surface area contributed by atoms with Gasteiger partial charge in [-0.3, -0.25) is 0 Å². The van der Waals surface area contributed by atoms with E-state index in [0.717, 1.165) is 0 Å². The van der Waals surface area contributed by atoms with E-state index in [9.17, 15) is 26.3 Å². The molecule has 0 aromatic heterocycles. The van der Waals surface area contributed by atoms with Crippen molar-refractivity contribution in [2.45, 2.75) is 51.4 Å². The van der Waals surface area contributed by atoms with E-state index in [4.69, 9.17) is 5.11 Å². The van der Waals surface area contributed by atoms with Crippen LogP contribution in [0.2, 0.25) is 0 Å². The second-order valence-electron chi connectivity index (χ2n) is 5.97. The minimum absolute atomic E-state index is 0. The Morgan fingerprint density at radius 2 is 1.59 bits per heavy atom. The summed E-state index contributed by atoms with van der Waals surface area (Å²) in [7, 11) is 0. The zero-order valence-electron chi connectivity index (χ0n) is 12.4. The van der Waals surface area contributed by atoms with Crippen LogP contribution >= 0.6 is 0 Å². The summed E-state index contributed by atoms with van der Waals surface area (Å²) < 4.78 is 76.8. The maximum absolute atomic E-state index is 13.3. The van der Waals surface area contributed by atoms with Crippen LogP contribution in [0, 0.1) is 22.9 Å². The molecule has 2 rings (SSSR count). The monoisotopic (exact) mass is 1090 g/mol. The summed E-state index contributed by atoms with van der Waals surface area (Å²) in [5.41, 5.74) is -3.09. The Kier molecular flexibility index (Phi) is 4.57. The molecule has 1 nitrogen and oxygen atoms in total. The number of hydrogen-bond acceptors (Lipinski definition) is 1. The smallest absolute Gasteiger partial charge is 0.366 e. The molecule has 0 amide bonds. The number of rotatable bonds is 2. The Morgan fingerprint density at radius 3 is 1.86 bits per heavy atom. The van der Waals surface area contributed by atoms with E-state index in [1.54, 1.807) is 6.92 Å². The maximum Gasteiger partial charge on any atom is 0.366 e. The average molecular weight is 1090 g/mol. The average Bonchev–Trinajstić information content (AvgIpc) is 2.68. The molecule has 2 bridgehead atoms. The summed E-state index contributed by atoms with van der Waals surface area (Å²) in [5, 5.41) is 8.97. The zero-order chi connectivity index (χ0) is 14.7. The van der Waals surface area contributed by atoms with Gasteiger partial charge in [-0.1, -0.05) is 30.6 Å². The van der Waals surface area contributed by atoms with E-state index in [2.05, 4.69) is 0 Å². The first-order valence-electron chi connectivity index (χ1n) is 5.94. The van der Waals surface area contributed by atoms with Crippen LogP contribution in [0.5, 0.6) is 0 Å². The Morgan fingerprint density at radius 1 is 1.09 bits per heavy atom. The quantitative estimate of drug-likeness (QED) is 0.318. The zero-order valence-corrected chi connectivity index (χ0v) is 31.6. The predicted octanol–water partition coefficient (Wildman–Crippen LogP) is 4.56. The second-order valence-corrected chi connectivity index (χ2v) is 5.97. The molecular formula is C12H14F6ORf3-2. The van der Waals surface area contributed by atoms with Crippen LogP contribution in [0.4, 0.5) is 26.3 Å². The summed E-state index contributed by atoms with van der Waals surface area (Å²) >= 11 is 0. The Balaban J connectivity index is 0. The molecule has 118 valence electrons. The van der Waals surface area contributed by atoms with E-state index in [1.807, 2.05) is 0 Å². The van der Waals surface area contributed by atoms with Gasteiger partial charge in [-0.25, -0.2) is 13.2 Å². The third-order valence-electron chi connectivity index (χ3n) is 4.41. The van der Waals surface area contributed by atoms with Crippen molar-refractivity contribution in [2.24, 2.45) is 10.8 Å². The minimum atomic E-state index is -5.10. The number of aliphatic hydroxyl groups excluding tert-OH is 1. The SMILES string of the molecule is CC12CC[C-](C1)C(C[C-](O)C(F)(F)F)(C(F)(F)F)C2.[Rf].[Rf].[Rf]. The van der Waals surface area contributed by atoms with Gasteiger partial charge >= 0.3 is 6.18 Å². The molecule has 0 aromatic rings. The maximum atomic E-state index is 13.3. The van der Waals surface area contributed by atoms with Gasteiger partial charge in [0.25, 0.3) is 6.18 Å². The van der Waals surface area contributed by atoms with Crippen LogP contribution in [0.25, 0.3) is 0 Å². The molecule has 2 saturated carbocycles. The van der Waals surface area contributed by atoms with E-state index in [1.165, 1.54) is 0 Å². The van der Waals surface area contributed by atoms with Crippen LogP contribution in [0.1, 0.15) is 39.0 Å². The van der Waals surface area contributed by atoms with Gasteiger partial charge in [-0.05, 0) is 0 Å². The summed E-state index contributed by atoms with van der Waals surface area (Å²) in [6.07, 6.45) is -12.7. The normalized spacial score (nSPS) is 31.5. The molecular weight excluding hydrogens is 1080 g/mol. The summed E-state index contributed by atoms with van der Waals surface area (Å²) in [6, 6.07) is 0. The van der Waals surface area contributed by atoms with E-state index in [-0.39, 0.29) is 25.2 Å². The first kappa shape index (κ1) is 20.8. The Bertz CT molecular complexity index is 375. The van der Waals surface area contributed by atoms with Crippen molar-refractivity contribution in [3.05, 3.63) is 12.0 Å². The van der Waals surface area contributed by atoms with Crippen molar-refractivity contribution in [2.75, 3.05) is 0 Å². The molecule has 2 aliphatic carbocycles.